The molecule has 0 saturated heterocycles. The fraction of sp³-hybridized carbons (Fsp3) is 0.500. The highest BCUT2D eigenvalue weighted by molar-refractivity contribution is 5.36. The van der Waals surface area contributed by atoms with Gasteiger partial charge in [0.15, 0.2) is 0 Å². The number of nitrogens with two attached hydrogens (primary N) is 1. The van der Waals surface area contributed by atoms with Gasteiger partial charge in [-0.2, -0.15) is 0 Å². The number of hydrogen-bond acceptors (Lipinski definition) is 3. The molecule has 0 heterocycles. The van der Waals surface area contributed by atoms with Crippen LogP contribution in [0.3, 0.4) is 0 Å². The lowest BCUT2D eigenvalue weighted by Crippen LogP contribution is -2.13. The predicted molar refractivity (Wildman–Crippen MR) is 58.6 cm³/mol. The van der Waals surface area contributed by atoms with E-state index in [1.54, 1.807) is 6.07 Å². The number of halogens is 1. The summed E-state index contributed by atoms with van der Waals surface area (Å²) in [5.41, 5.74) is 5.80. The van der Waals surface area contributed by atoms with Crippen molar-refractivity contribution >= 4 is 0 Å². The smallest absolute Gasteiger partial charge is 0.125 e. The molecule has 0 aliphatic heterocycles. The number of benzene rings is 1. The Morgan fingerprint density at radius 1 is 1.50 bits per heavy atom. The minimum Gasteiger partial charge on any atom is -0.493 e. The third kappa shape index (κ3) is 2.71. The molecular weight excluding hydrogens is 209 g/mol. The molecule has 3 N–H and O–H groups in total. The molecule has 0 bridgehead atoms. The Bertz CT molecular complexity index is 366. The number of rotatable bonds is 5. The van der Waals surface area contributed by atoms with E-state index in [4.69, 9.17) is 10.5 Å². The van der Waals surface area contributed by atoms with Gasteiger partial charge in [-0.25, -0.2) is 4.39 Å². The average Bonchev–Trinajstić information content (AvgIpc) is 3.10. The molecule has 1 aromatic rings. The van der Waals surface area contributed by atoms with Crippen LogP contribution < -0.4 is 10.5 Å². The van der Waals surface area contributed by atoms with Crippen LogP contribution in [0.5, 0.6) is 5.75 Å². The van der Waals surface area contributed by atoms with Crippen molar-refractivity contribution in [3.05, 3.63) is 29.6 Å². The van der Waals surface area contributed by atoms with Crippen molar-refractivity contribution in [2.75, 3.05) is 13.2 Å². The van der Waals surface area contributed by atoms with Crippen LogP contribution in [-0.2, 0) is 0 Å². The van der Waals surface area contributed by atoms with E-state index in [1.165, 1.54) is 25.0 Å². The fourth-order valence-corrected chi connectivity index (χ4v) is 1.53. The number of aliphatic hydroxyl groups is 1. The summed E-state index contributed by atoms with van der Waals surface area (Å²) in [6.45, 7) is 0.694. The highest BCUT2D eigenvalue weighted by Gasteiger charge is 2.23. The Morgan fingerprint density at radius 3 is 2.88 bits per heavy atom. The molecule has 0 radical (unpaired) electrons. The highest BCUT2D eigenvalue weighted by Crippen LogP contribution is 2.32. The molecule has 88 valence electrons. The number of ether oxygens (including phenoxy) is 1. The first kappa shape index (κ1) is 11.4. The molecule has 1 fully saturated rings. The second-order valence-electron chi connectivity index (χ2n) is 4.19. The van der Waals surface area contributed by atoms with Crippen LogP contribution in [0.4, 0.5) is 4.39 Å². The van der Waals surface area contributed by atoms with Gasteiger partial charge in [-0.3, -0.25) is 0 Å². The van der Waals surface area contributed by atoms with Crippen LogP contribution in [0.25, 0.3) is 0 Å². The molecule has 1 aliphatic carbocycles. The Balaban J connectivity index is 2.13. The normalized spacial score (nSPS) is 17.2. The van der Waals surface area contributed by atoms with Crippen molar-refractivity contribution < 1.29 is 14.2 Å². The zero-order valence-corrected chi connectivity index (χ0v) is 9.03. The van der Waals surface area contributed by atoms with Gasteiger partial charge in [0.2, 0.25) is 0 Å². The summed E-state index contributed by atoms with van der Waals surface area (Å²) in [5.74, 6) is 0.764. The Morgan fingerprint density at radius 2 is 2.25 bits per heavy atom. The maximum atomic E-state index is 13.0. The Labute approximate surface area is 94.0 Å². The van der Waals surface area contributed by atoms with E-state index in [1.807, 2.05) is 0 Å². The van der Waals surface area contributed by atoms with Crippen molar-refractivity contribution in [1.29, 1.82) is 0 Å². The first-order valence-corrected chi connectivity index (χ1v) is 5.51. The van der Waals surface area contributed by atoms with Crippen LogP contribution in [0.1, 0.15) is 24.5 Å². The topological polar surface area (TPSA) is 55.5 Å². The third-order valence-electron chi connectivity index (χ3n) is 2.73. The van der Waals surface area contributed by atoms with Crippen LogP contribution >= 0.6 is 0 Å². The highest BCUT2D eigenvalue weighted by atomic mass is 19.1. The third-order valence-corrected chi connectivity index (χ3v) is 2.73. The molecule has 1 atom stereocenters. The van der Waals surface area contributed by atoms with Crippen LogP contribution in [-0.4, -0.2) is 18.3 Å². The minimum absolute atomic E-state index is 0.0588. The summed E-state index contributed by atoms with van der Waals surface area (Å²) in [5, 5.41) is 9.64. The molecule has 0 spiro atoms. The second kappa shape index (κ2) is 4.80. The molecule has 0 aromatic heterocycles. The lowest BCUT2D eigenvalue weighted by molar-refractivity contribution is 0.178. The van der Waals surface area contributed by atoms with E-state index in [0.717, 1.165) is 0 Å². The van der Waals surface area contributed by atoms with Gasteiger partial charge in [0.1, 0.15) is 11.6 Å². The number of aliphatic hydroxyl groups excluding tert-OH is 1. The summed E-state index contributed by atoms with van der Waals surface area (Å²) < 4.78 is 18.6. The van der Waals surface area contributed by atoms with E-state index >= 15 is 0 Å². The van der Waals surface area contributed by atoms with E-state index in [0.29, 0.717) is 23.8 Å². The summed E-state index contributed by atoms with van der Waals surface area (Å²) in [4.78, 5) is 0. The summed E-state index contributed by atoms with van der Waals surface area (Å²) in [6.07, 6.45) is 1.51. The molecule has 2 rings (SSSR count). The van der Waals surface area contributed by atoms with Crippen LogP contribution in [0.2, 0.25) is 0 Å². The summed E-state index contributed by atoms with van der Waals surface area (Å²) >= 11 is 0. The minimum atomic E-state index is -0.870. The monoisotopic (exact) mass is 225 g/mol. The maximum Gasteiger partial charge on any atom is 0.125 e. The quantitative estimate of drug-likeness (QED) is 0.800. The standard InChI is InChI=1S/C12H16FNO2/c13-9-3-4-12(16-7-8-1-2-8)10(5-9)11(15)6-14/h3-5,8,11,15H,1-2,6-7,14H2. The second-order valence-corrected chi connectivity index (χ2v) is 4.19. The molecule has 4 heteroatoms. The summed E-state index contributed by atoms with van der Waals surface area (Å²) in [6, 6.07) is 4.15. The molecule has 0 amide bonds. The summed E-state index contributed by atoms with van der Waals surface area (Å²) in [7, 11) is 0. The largest absolute Gasteiger partial charge is 0.493 e. The fourth-order valence-electron chi connectivity index (χ4n) is 1.53. The van der Waals surface area contributed by atoms with Crippen molar-refractivity contribution in [2.45, 2.75) is 18.9 Å². The Kier molecular flexibility index (Phi) is 3.41. The SMILES string of the molecule is NCC(O)c1cc(F)ccc1OCC1CC1. The van der Waals surface area contributed by atoms with Crippen LogP contribution in [0.15, 0.2) is 18.2 Å². The van der Waals surface area contributed by atoms with Crippen molar-refractivity contribution in [3.63, 3.8) is 0 Å². The van der Waals surface area contributed by atoms with Gasteiger partial charge in [0.25, 0.3) is 0 Å². The Hall–Kier alpha value is -1.13. The van der Waals surface area contributed by atoms with E-state index < -0.39 is 6.10 Å². The first-order valence-electron chi connectivity index (χ1n) is 5.51. The maximum absolute atomic E-state index is 13.0. The van der Waals surface area contributed by atoms with Gasteiger partial charge >= 0.3 is 0 Å². The van der Waals surface area contributed by atoms with Crippen molar-refractivity contribution in [3.8, 4) is 5.75 Å². The van der Waals surface area contributed by atoms with Crippen molar-refractivity contribution in [1.82, 2.24) is 0 Å². The van der Waals surface area contributed by atoms with E-state index in [2.05, 4.69) is 0 Å². The van der Waals surface area contributed by atoms with Crippen LogP contribution in [0, 0.1) is 11.7 Å². The zero-order valence-electron chi connectivity index (χ0n) is 9.03. The van der Waals surface area contributed by atoms with Gasteiger partial charge in [-0.05, 0) is 37.0 Å². The predicted octanol–water partition coefficient (Wildman–Crippen LogP) is 1.61. The molecular formula is C12H16FNO2. The van der Waals surface area contributed by atoms with Gasteiger partial charge in [0.05, 0.1) is 12.7 Å². The van der Waals surface area contributed by atoms with E-state index in [-0.39, 0.29) is 12.4 Å². The van der Waals surface area contributed by atoms with Gasteiger partial charge in [-0.1, -0.05) is 0 Å². The van der Waals surface area contributed by atoms with Crippen molar-refractivity contribution in [2.24, 2.45) is 11.7 Å². The van der Waals surface area contributed by atoms with Gasteiger partial charge in [-0.15, -0.1) is 0 Å². The zero-order chi connectivity index (χ0) is 11.5. The molecule has 16 heavy (non-hydrogen) atoms. The molecule has 1 saturated carbocycles. The first-order chi connectivity index (χ1) is 7.70. The lowest BCUT2D eigenvalue weighted by Gasteiger charge is -2.14. The molecule has 3 nitrogen and oxygen atoms in total. The lowest BCUT2D eigenvalue weighted by atomic mass is 10.1. The van der Waals surface area contributed by atoms with Gasteiger partial charge in [0, 0.05) is 12.1 Å². The molecule has 1 aliphatic rings. The molecule has 1 aromatic carbocycles. The molecule has 1 unspecified atom stereocenters. The van der Waals surface area contributed by atoms with E-state index in [9.17, 15) is 9.50 Å². The average molecular weight is 225 g/mol. The number of hydrogen-bond donors (Lipinski definition) is 2. The van der Waals surface area contributed by atoms with Gasteiger partial charge < -0.3 is 15.6 Å².